The molecule has 1 saturated heterocycles. The summed E-state index contributed by atoms with van der Waals surface area (Å²) in [6.07, 6.45) is -0.516. The lowest BCUT2D eigenvalue weighted by molar-refractivity contribution is 0.111. The number of likely N-dealkylation sites (N-methyl/N-ethyl adjacent to an activating group) is 1. The van der Waals surface area contributed by atoms with Gasteiger partial charge in [0.15, 0.2) is 9.84 Å². The van der Waals surface area contributed by atoms with Gasteiger partial charge >= 0.3 is 0 Å². The number of hydrogen-bond acceptors (Lipinski definition) is 6. The van der Waals surface area contributed by atoms with Crippen LogP contribution in [0, 0.1) is 0 Å². The maximum atomic E-state index is 12.0. The third kappa shape index (κ3) is 4.40. The number of rotatable bonds is 6. The van der Waals surface area contributed by atoms with Crippen LogP contribution < -0.4 is 5.32 Å². The predicted octanol–water partition coefficient (Wildman–Crippen LogP) is -0.624. The zero-order chi connectivity index (χ0) is 12.9. The average molecular weight is 282 g/mol. The Hall–Kier alpha value is 0.180. The van der Waals surface area contributed by atoms with Gasteiger partial charge in [0, 0.05) is 36.9 Å². The maximum Gasteiger partial charge on any atom is 0.166 e. The lowest BCUT2D eigenvalue weighted by Crippen LogP contribution is -2.51. The van der Waals surface area contributed by atoms with Crippen LogP contribution in [0.15, 0.2) is 0 Å². The molecule has 1 rings (SSSR count). The van der Waals surface area contributed by atoms with Crippen molar-refractivity contribution in [3.05, 3.63) is 0 Å². The molecule has 7 heteroatoms. The van der Waals surface area contributed by atoms with Crippen LogP contribution in [0.2, 0.25) is 0 Å². The first-order valence-electron chi connectivity index (χ1n) is 5.87. The predicted molar refractivity (Wildman–Crippen MR) is 72.1 cm³/mol. The third-order valence-corrected chi connectivity index (χ3v) is 6.22. The van der Waals surface area contributed by atoms with Crippen molar-refractivity contribution in [3.8, 4) is 0 Å². The Kier molecular flexibility index (Phi) is 6.22. The van der Waals surface area contributed by atoms with E-state index in [-0.39, 0.29) is 5.75 Å². The van der Waals surface area contributed by atoms with E-state index in [9.17, 15) is 13.5 Å². The van der Waals surface area contributed by atoms with Crippen molar-refractivity contribution in [2.45, 2.75) is 18.4 Å². The molecule has 1 aliphatic heterocycles. The number of aliphatic hydroxyl groups excluding tert-OH is 1. The van der Waals surface area contributed by atoms with E-state index >= 15 is 0 Å². The molecule has 0 aromatic carbocycles. The Morgan fingerprint density at radius 1 is 1.59 bits per heavy atom. The van der Waals surface area contributed by atoms with Crippen LogP contribution in [0.3, 0.4) is 0 Å². The monoisotopic (exact) mass is 282 g/mol. The lowest BCUT2D eigenvalue weighted by Gasteiger charge is -2.35. The number of nitrogens with one attached hydrogen (secondary N) is 1. The summed E-state index contributed by atoms with van der Waals surface area (Å²) in [5.74, 6) is 1.71. The molecule has 2 unspecified atom stereocenters. The van der Waals surface area contributed by atoms with Crippen LogP contribution in [0.5, 0.6) is 0 Å². The van der Waals surface area contributed by atoms with Crippen molar-refractivity contribution in [1.82, 2.24) is 10.2 Å². The van der Waals surface area contributed by atoms with E-state index in [0.29, 0.717) is 18.8 Å². The van der Waals surface area contributed by atoms with Gasteiger partial charge in [0.1, 0.15) is 5.37 Å². The molecule has 1 heterocycles. The Balaban J connectivity index is 2.66. The zero-order valence-electron chi connectivity index (χ0n) is 10.4. The molecular formula is C10H22N2O3S2. The third-order valence-electron chi connectivity index (χ3n) is 2.89. The Morgan fingerprint density at radius 3 is 2.88 bits per heavy atom. The van der Waals surface area contributed by atoms with Crippen LogP contribution in [0.4, 0.5) is 0 Å². The number of β-amino-alcohol motifs (C(OH)–C–C–N with tert-alkyl or cyclic N) is 1. The van der Waals surface area contributed by atoms with E-state index in [1.807, 2.05) is 4.90 Å². The molecule has 0 aromatic rings. The standard InChI is InChI=1S/C10H22N2O3S2/c1-3-17(14,15)10-8-16-5-4-12(10)7-9(13)6-11-2/h9-11,13H,3-8H2,1-2H3. The summed E-state index contributed by atoms with van der Waals surface area (Å²) in [5, 5.41) is 12.2. The van der Waals surface area contributed by atoms with E-state index in [4.69, 9.17) is 0 Å². The van der Waals surface area contributed by atoms with Crippen LogP contribution >= 0.6 is 11.8 Å². The average Bonchev–Trinajstić information content (AvgIpc) is 2.30. The number of nitrogens with zero attached hydrogens (tertiary/aromatic N) is 1. The fourth-order valence-electron chi connectivity index (χ4n) is 1.92. The summed E-state index contributed by atoms with van der Waals surface area (Å²) < 4.78 is 23.9. The van der Waals surface area contributed by atoms with Crippen molar-refractivity contribution >= 4 is 21.6 Å². The molecule has 0 spiro atoms. The number of aliphatic hydroxyl groups is 1. The Labute approximate surface area is 108 Å². The van der Waals surface area contributed by atoms with Gasteiger partial charge in [-0.1, -0.05) is 6.92 Å². The molecule has 0 aliphatic carbocycles. The van der Waals surface area contributed by atoms with Gasteiger partial charge in [0.25, 0.3) is 0 Å². The second kappa shape index (κ2) is 6.94. The van der Waals surface area contributed by atoms with Gasteiger partial charge in [-0.15, -0.1) is 0 Å². The minimum absolute atomic E-state index is 0.164. The summed E-state index contributed by atoms with van der Waals surface area (Å²) in [6, 6.07) is 0. The van der Waals surface area contributed by atoms with E-state index in [2.05, 4.69) is 5.32 Å². The molecule has 2 N–H and O–H groups in total. The van der Waals surface area contributed by atoms with Gasteiger partial charge in [0.2, 0.25) is 0 Å². The molecule has 1 aliphatic rings. The number of hydrogen-bond donors (Lipinski definition) is 2. The summed E-state index contributed by atoms with van der Waals surface area (Å²) in [4.78, 5) is 1.90. The topological polar surface area (TPSA) is 69.6 Å². The minimum Gasteiger partial charge on any atom is -0.390 e. The maximum absolute atomic E-state index is 12.0. The molecule has 0 amide bonds. The number of sulfone groups is 1. The van der Waals surface area contributed by atoms with E-state index in [1.54, 1.807) is 25.7 Å². The van der Waals surface area contributed by atoms with Crippen molar-refractivity contribution in [1.29, 1.82) is 0 Å². The van der Waals surface area contributed by atoms with Crippen LogP contribution in [-0.4, -0.2) is 73.8 Å². The van der Waals surface area contributed by atoms with Gasteiger partial charge in [-0.2, -0.15) is 11.8 Å². The van der Waals surface area contributed by atoms with Crippen LogP contribution in [-0.2, 0) is 9.84 Å². The number of thioether (sulfide) groups is 1. The van der Waals surface area contributed by atoms with Gasteiger partial charge in [-0.25, -0.2) is 8.42 Å². The smallest absolute Gasteiger partial charge is 0.166 e. The largest absolute Gasteiger partial charge is 0.390 e. The second-order valence-corrected chi connectivity index (χ2v) is 7.78. The minimum atomic E-state index is -3.06. The summed E-state index contributed by atoms with van der Waals surface area (Å²) >= 11 is 1.67. The molecule has 102 valence electrons. The molecular weight excluding hydrogens is 260 g/mol. The molecule has 0 bridgehead atoms. The highest BCUT2D eigenvalue weighted by atomic mass is 32.2. The lowest BCUT2D eigenvalue weighted by atomic mass is 10.3. The first kappa shape index (κ1) is 15.2. The van der Waals surface area contributed by atoms with Gasteiger partial charge in [0.05, 0.1) is 6.10 Å². The van der Waals surface area contributed by atoms with Crippen molar-refractivity contribution in [2.75, 3.05) is 43.9 Å². The summed E-state index contributed by atoms with van der Waals surface area (Å²) in [7, 11) is -1.28. The molecule has 1 fully saturated rings. The molecule has 0 aromatic heterocycles. The molecule has 17 heavy (non-hydrogen) atoms. The molecule has 0 radical (unpaired) electrons. The normalized spacial score (nSPS) is 24.8. The molecule has 5 nitrogen and oxygen atoms in total. The summed E-state index contributed by atoms with van der Waals surface area (Å²) in [5.41, 5.74) is 0. The Bertz CT molecular complexity index is 322. The highest BCUT2D eigenvalue weighted by Gasteiger charge is 2.33. The van der Waals surface area contributed by atoms with E-state index in [0.717, 1.165) is 12.3 Å². The van der Waals surface area contributed by atoms with Gasteiger partial charge in [-0.3, -0.25) is 4.90 Å². The van der Waals surface area contributed by atoms with E-state index in [1.165, 1.54) is 0 Å². The van der Waals surface area contributed by atoms with Crippen molar-refractivity contribution in [2.24, 2.45) is 0 Å². The van der Waals surface area contributed by atoms with Crippen LogP contribution in [0.1, 0.15) is 6.92 Å². The van der Waals surface area contributed by atoms with E-state index < -0.39 is 21.3 Å². The molecule has 2 atom stereocenters. The SMILES string of the molecule is CCS(=O)(=O)C1CSCCN1CC(O)CNC. The van der Waals surface area contributed by atoms with Gasteiger partial charge < -0.3 is 10.4 Å². The first-order valence-corrected chi connectivity index (χ1v) is 8.74. The van der Waals surface area contributed by atoms with Crippen LogP contribution in [0.25, 0.3) is 0 Å². The highest BCUT2D eigenvalue weighted by Crippen LogP contribution is 2.21. The second-order valence-electron chi connectivity index (χ2n) is 4.19. The fourth-order valence-corrected chi connectivity index (χ4v) is 5.01. The molecule has 0 saturated carbocycles. The highest BCUT2D eigenvalue weighted by molar-refractivity contribution is 8.01. The Morgan fingerprint density at radius 2 is 2.29 bits per heavy atom. The quantitative estimate of drug-likeness (QED) is 0.676. The van der Waals surface area contributed by atoms with Crippen molar-refractivity contribution in [3.63, 3.8) is 0 Å². The first-order chi connectivity index (χ1) is 8.01. The fraction of sp³-hybridized carbons (Fsp3) is 1.00. The van der Waals surface area contributed by atoms with Crippen molar-refractivity contribution < 1.29 is 13.5 Å². The summed E-state index contributed by atoms with van der Waals surface area (Å²) in [6.45, 7) is 3.32. The zero-order valence-corrected chi connectivity index (χ0v) is 12.1. The van der Waals surface area contributed by atoms with Gasteiger partial charge in [-0.05, 0) is 7.05 Å².